The van der Waals surface area contributed by atoms with Crippen molar-refractivity contribution in [3.63, 3.8) is 0 Å². The minimum absolute atomic E-state index is 0.0591. The van der Waals surface area contributed by atoms with Crippen molar-refractivity contribution in [3.05, 3.63) is 34.6 Å². The zero-order chi connectivity index (χ0) is 16.4. The van der Waals surface area contributed by atoms with E-state index in [4.69, 9.17) is 4.74 Å². The predicted octanol–water partition coefficient (Wildman–Crippen LogP) is 3.24. The Morgan fingerprint density at radius 2 is 1.71 bits per heavy atom. The predicted molar refractivity (Wildman–Crippen MR) is 95.6 cm³/mol. The molecule has 0 unspecified atom stereocenters. The maximum atomic E-state index is 12.2. The molecule has 2 aliphatic rings. The van der Waals surface area contributed by atoms with E-state index >= 15 is 0 Å². The first-order chi connectivity index (χ1) is 11.8. The number of aromatic nitrogens is 2. The minimum Gasteiger partial charge on any atom is -0.375 e. The second-order valence-electron chi connectivity index (χ2n) is 6.99. The third-order valence-electron chi connectivity index (χ3n) is 5.28. The number of ether oxygens (including phenoxy) is 1. The summed E-state index contributed by atoms with van der Waals surface area (Å²) in [5.41, 5.74) is 0.702. The van der Waals surface area contributed by atoms with Crippen LogP contribution in [0.4, 0.5) is 5.95 Å². The van der Waals surface area contributed by atoms with Crippen LogP contribution in [0.2, 0.25) is 0 Å². The van der Waals surface area contributed by atoms with Gasteiger partial charge in [-0.2, -0.15) is 0 Å². The van der Waals surface area contributed by atoms with Gasteiger partial charge in [0.1, 0.15) is 0 Å². The Morgan fingerprint density at radius 1 is 1.00 bits per heavy atom. The van der Waals surface area contributed by atoms with Gasteiger partial charge in [-0.1, -0.05) is 31.4 Å². The molecular formula is C19H25N3O2. The van der Waals surface area contributed by atoms with Gasteiger partial charge in [0.15, 0.2) is 0 Å². The van der Waals surface area contributed by atoms with E-state index in [2.05, 4.69) is 14.9 Å². The molecule has 5 heteroatoms. The summed E-state index contributed by atoms with van der Waals surface area (Å²) in [6, 6.07) is 7.50. The van der Waals surface area contributed by atoms with Crippen molar-refractivity contribution in [2.24, 2.45) is 0 Å². The number of nitrogens with zero attached hydrogens (tertiary/aromatic N) is 2. The number of para-hydroxylation sites is 1. The lowest BCUT2D eigenvalue weighted by Gasteiger charge is -2.35. The van der Waals surface area contributed by atoms with Gasteiger partial charge in [0, 0.05) is 13.1 Å². The fourth-order valence-corrected chi connectivity index (χ4v) is 3.90. The summed E-state index contributed by atoms with van der Waals surface area (Å²) in [4.78, 5) is 22.0. The van der Waals surface area contributed by atoms with Gasteiger partial charge < -0.3 is 9.64 Å². The lowest BCUT2D eigenvalue weighted by molar-refractivity contribution is -0.0396. The van der Waals surface area contributed by atoms with Crippen LogP contribution in [0.5, 0.6) is 0 Å². The molecule has 0 bridgehead atoms. The van der Waals surface area contributed by atoms with E-state index in [0.717, 1.165) is 31.4 Å². The molecule has 5 nitrogen and oxygen atoms in total. The SMILES string of the molecule is O=c1[nH]c(N2CCC(OC3CCCCC3)CC2)nc2ccccc12. The van der Waals surface area contributed by atoms with E-state index in [1.54, 1.807) is 0 Å². The molecule has 1 aliphatic heterocycles. The standard InChI is InChI=1S/C19H25N3O2/c23-18-16-8-4-5-9-17(16)20-19(21-18)22-12-10-15(11-13-22)24-14-6-2-1-3-7-14/h4-5,8-9,14-15H,1-3,6-7,10-13H2,(H,20,21,23). The van der Waals surface area contributed by atoms with Crippen molar-refractivity contribution in [2.45, 2.75) is 57.2 Å². The van der Waals surface area contributed by atoms with Gasteiger partial charge in [-0.05, 0) is 37.8 Å². The molecule has 1 N–H and O–H groups in total. The Bertz CT molecular complexity index is 744. The van der Waals surface area contributed by atoms with E-state index in [0.29, 0.717) is 23.5 Å². The van der Waals surface area contributed by atoms with E-state index in [1.165, 1.54) is 32.1 Å². The van der Waals surface area contributed by atoms with E-state index < -0.39 is 0 Å². The smallest absolute Gasteiger partial charge is 0.260 e. The molecule has 0 radical (unpaired) electrons. The topological polar surface area (TPSA) is 58.2 Å². The Balaban J connectivity index is 1.41. The molecule has 1 aliphatic carbocycles. The summed E-state index contributed by atoms with van der Waals surface area (Å²) >= 11 is 0. The lowest BCUT2D eigenvalue weighted by Crippen LogP contribution is -2.40. The molecule has 4 rings (SSSR count). The summed E-state index contributed by atoms with van der Waals surface area (Å²) in [6.07, 6.45) is 9.27. The van der Waals surface area contributed by atoms with Gasteiger partial charge in [-0.25, -0.2) is 4.98 Å². The van der Waals surface area contributed by atoms with Crippen molar-refractivity contribution in [1.82, 2.24) is 9.97 Å². The summed E-state index contributed by atoms with van der Waals surface area (Å²) in [6.45, 7) is 1.78. The van der Waals surface area contributed by atoms with Crippen molar-refractivity contribution < 1.29 is 4.74 Å². The highest BCUT2D eigenvalue weighted by molar-refractivity contribution is 5.78. The average Bonchev–Trinajstić information content (AvgIpc) is 2.63. The monoisotopic (exact) mass is 327 g/mol. The fourth-order valence-electron chi connectivity index (χ4n) is 3.90. The molecule has 2 heterocycles. The number of hydrogen-bond donors (Lipinski definition) is 1. The molecule has 2 aromatic rings. The third kappa shape index (κ3) is 3.31. The maximum absolute atomic E-state index is 12.2. The van der Waals surface area contributed by atoms with Crippen LogP contribution in [0.25, 0.3) is 10.9 Å². The van der Waals surface area contributed by atoms with Crippen LogP contribution in [0, 0.1) is 0 Å². The third-order valence-corrected chi connectivity index (χ3v) is 5.28. The molecule has 1 aromatic heterocycles. The number of anilines is 1. The highest BCUT2D eigenvalue weighted by Gasteiger charge is 2.25. The molecule has 0 atom stereocenters. The molecule has 128 valence electrons. The van der Waals surface area contributed by atoms with Crippen LogP contribution in [0.3, 0.4) is 0 Å². The second kappa shape index (κ2) is 6.93. The number of aromatic amines is 1. The first kappa shape index (κ1) is 15.6. The normalized spacial score (nSPS) is 20.6. The number of rotatable bonds is 3. The number of nitrogens with one attached hydrogen (secondary N) is 1. The molecule has 24 heavy (non-hydrogen) atoms. The van der Waals surface area contributed by atoms with Gasteiger partial charge in [-0.3, -0.25) is 9.78 Å². The average molecular weight is 327 g/mol. The first-order valence-corrected chi connectivity index (χ1v) is 9.19. The Morgan fingerprint density at radius 3 is 2.50 bits per heavy atom. The van der Waals surface area contributed by atoms with E-state index in [1.807, 2.05) is 24.3 Å². The van der Waals surface area contributed by atoms with Crippen molar-refractivity contribution in [2.75, 3.05) is 18.0 Å². The van der Waals surface area contributed by atoms with Gasteiger partial charge in [0.05, 0.1) is 23.1 Å². The second-order valence-corrected chi connectivity index (χ2v) is 6.99. The molecule has 1 saturated carbocycles. The quantitative estimate of drug-likeness (QED) is 0.940. The summed E-state index contributed by atoms with van der Waals surface area (Å²) in [7, 11) is 0. The Labute approximate surface area is 142 Å². The van der Waals surface area contributed by atoms with Crippen molar-refractivity contribution in [1.29, 1.82) is 0 Å². The van der Waals surface area contributed by atoms with E-state index in [-0.39, 0.29) is 5.56 Å². The highest BCUT2D eigenvalue weighted by atomic mass is 16.5. The molecular weight excluding hydrogens is 302 g/mol. The Hall–Kier alpha value is -1.88. The van der Waals surface area contributed by atoms with Gasteiger partial charge in [0.2, 0.25) is 5.95 Å². The van der Waals surface area contributed by atoms with Crippen LogP contribution >= 0.6 is 0 Å². The largest absolute Gasteiger partial charge is 0.375 e. The molecule has 2 fully saturated rings. The number of fused-ring (bicyclic) bond motifs is 1. The summed E-state index contributed by atoms with van der Waals surface area (Å²) < 4.78 is 6.29. The van der Waals surface area contributed by atoms with Crippen LogP contribution in [-0.4, -0.2) is 35.3 Å². The van der Waals surface area contributed by atoms with Crippen molar-refractivity contribution in [3.8, 4) is 0 Å². The van der Waals surface area contributed by atoms with E-state index in [9.17, 15) is 4.79 Å². The minimum atomic E-state index is -0.0591. The van der Waals surface area contributed by atoms with Crippen molar-refractivity contribution >= 4 is 16.9 Å². The fraction of sp³-hybridized carbons (Fsp3) is 0.579. The maximum Gasteiger partial charge on any atom is 0.260 e. The zero-order valence-electron chi connectivity index (χ0n) is 14.0. The number of piperidine rings is 1. The molecule has 0 spiro atoms. The van der Waals surface area contributed by atoms with Crippen LogP contribution < -0.4 is 10.5 Å². The Kier molecular flexibility index (Phi) is 4.52. The van der Waals surface area contributed by atoms with Gasteiger partial charge in [-0.15, -0.1) is 0 Å². The number of hydrogen-bond acceptors (Lipinski definition) is 4. The zero-order valence-corrected chi connectivity index (χ0v) is 14.0. The number of benzene rings is 1. The highest BCUT2D eigenvalue weighted by Crippen LogP contribution is 2.25. The summed E-state index contributed by atoms with van der Waals surface area (Å²) in [5.74, 6) is 0.690. The first-order valence-electron chi connectivity index (χ1n) is 9.19. The van der Waals surface area contributed by atoms with Gasteiger partial charge >= 0.3 is 0 Å². The van der Waals surface area contributed by atoms with Crippen LogP contribution in [0.15, 0.2) is 29.1 Å². The molecule has 1 aromatic carbocycles. The lowest BCUT2D eigenvalue weighted by atomic mass is 9.97. The van der Waals surface area contributed by atoms with Gasteiger partial charge in [0.25, 0.3) is 5.56 Å². The molecule has 1 saturated heterocycles. The molecule has 0 amide bonds. The summed E-state index contributed by atoms with van der Waals surface area (Å²) in [5, 5.41) is 0.650. The van der Waals surface area contributed by atoms with Crippen LogP contribution in [0.1, 0.15) is 44.9 Å². The number of H-pyrrole nitrogens is 1. The van der Waals surface area contributed by atoms with Crippen LogP contribution in [-0.2, 0) is 4.74 Å².